The Balaban J connectivity index is 1.95. The van der Waals surface area contributed by atoms with Gasteiger partial charge in [0.1, 0.15) is 0 Å². The first kappa shape index (κ1) is 15.8. The quantitative estimate of drug-likeness (QED) is 0.862. The third kappa shape index (κ3) is 4.72. The van der Waals surface area contributed by atoms with E-state index < -0.39 is 0 Å². The largest absolute Gasteiger partial charge is 0.351 e. The molecule has 3 N–H and O–H groups in total. The summed E-state index contributed by atoms with van der Waals surface area (Å²) in [7, 11) is 4.18. The summed E-state index contributed by atoms with van der Waals surface area (Å²) < 4.78 is 0. The topological polar surface area (TPSA) is 61.6 Å². The molecule has 0 aromatic heterocycles. The van der Waals surface area contributed by atoms with Crippen molar-refractivity contribution in [1.29, 1.82) is 0 Å². The number of rotatable bonds is 5. The van der Waals surface area contributed by atoms with Gasteiger partial charge in [-0.1, -0.05) is 30.3 Å². The van der Waals surface area contributed by atoms with Crippen LogP contribution in [0.2, 0.25) is 0 Å². The monoisotopic (exact) mass is 290 g/mol. The number of hydrogen-bond acceptors (Lipinski definition) is 3. The molecule has 1 fully saturated rings. The number of carbonyl (C=O) groups excluding carboxylic acids is 1. The zero-order chi connectivity index (χ0) is 15.2. The van der Waals surface area contributed by atoms with Crippen molar-refractivity contribution in [3.63, 3.8) is 0 Å². The highest BCUT2D eigenvalue weighted by Gasteiger charge is 2.24. The molecule has 21 heavy (non-hydrogen) atoms. The smallest absolute Gasteiger partial charge is 0.314 e. The standard InChI is InChI=1S/C16H26N4O/c1-19(2)12-15(13-6-4-3-5-7-13)18-14-8-10-20(11-9-14)16(17)21/h3-7,14-15,18H,8-12H2,1-2H3,(H2,17,21). The van der Waals surface area contributed by atoms with Gasteiger partial charge >= 0.3 is 6.03 Å². The second-order valence-corrected chi connectivity index (χ2v) is 5.99. The van der Waals surface area contributed by atoms with Gasteiger partial charge in [0.2, 0.25) is 0 Å². The van der Waals surface area contributed by atoms with Crippen LogP contribution in [0.3, 0.4) is 0 Å². The van der Waals surface area contributed by atoms with Crippen LogP contribution in [0.4, 0.5) is 4.79 Å². The van der Waals surface area contributed by atoms with Crippen LogP contribution in [-0.2, 0) is 0 Å². The molecular weight excluding hydrogens is 264 g/mol. The summed E-state index contributed by atoms with van der Waals surface area (Å²) >= 11 is 0. The molecule has 1 aliphatic heterocycles. The Morgan fingerprint density at radius 2 is 1.95 bits per heavy atom. The van der Waals surface area contributed by atoms with E-state index in [-0.39, 0.29) is 6.03 Å². The van der Waals surface area contributed by atoms with E-state index in [1.807, 2.05) is 6.07 Å². The van der Waals surface area contributed by atoms with Gasteiger partial charge in [-0.2, -0.15) is 0 Å². The molecule has 0 aliphatic carbocycles. The lowest BCUT2D eigenvalue weighted by atomic mass is 10.0. The third-order valence-corrected chi connectivity index (χ3v) is 3.99. The van der Waals surface area contributed by atoms with Gasteiger partial charge in [-0.05, 0) is 32.5 Å². The van der Waals surface area contributed by atoms with Gasteiger partial charge in [0, 0.05) is 31.7 Å². The molecule has 5 heteroatoms. The average molecular weight is 290 g/mol. The van der Waals surface area contributed by atoms with Crippen LogP contribution in [0.1, 0.15) is 24.4 Å². The second-order valence-electron chi connectivity index (χ2n) is 5.99. The van der Waals surface area contributed by atoms with E-state index in [4.69, 9.17) is 5.73 Å². The van der Waals surface area contributed by atoms with Crippen molar-refractivity contribution in [3.05, 3.63) is 35.9 Å². The Morgan fingerprint density at radius 3 is 2.48 bits per heavy atom. The van der Waals surface area contributed by atoms with E-state index in [1.54, 1.807) is 4.90 Å². The number of likely N-dealkylation sites (tertiary alicyclic amines) is 1. The van der Waals surface area contributed by atoms with Crippen LogP contribution >= 0.6 is 0 Å². The molecule has 2 rings (SSSR count). The number of amides is 2. The molecule has 0 spiro atoms. The lowest BCUT2D eigenvalue weighted by Gasteiger charge is -2.34. The number of urea groups is 1. The number of carbonyl (C=O) groups is 1. The minimum atomic E-state index is -0.304. The van der Waals surface area contributed by atoms with E-state index in [1.165, 1.54) is 5.56 Å². The van der Waals surface area contributed by atoms with Crippen LogP contribution in [0.15, 0.2) is 30.3 Å². The number of piperidine rings is 1. The Bertz CT molecular complexity index is 441. The van der Waals surface area contributed by atoms with Crippen molar-refractivity contribution < 1.29 is 4.79 Å². The van der Waals surface area contributed by atoms with Crippen LogP contribution < -0.4 is 11.1 Å². The molecule has 5 nitrogen and oxygen atoms in total. The summed E-state index contributed by atoms with van der Waals surface area (Å²) in [6, 6.07) is 11.0. The Labute approximate surface area is 127 Å². The molecular formula is C16H26N4O. The van der Waals surface area contributed by atoms with E-state index in [0.717, 1.165) is 32.5 Å². The van der Waals surface area contributed by atoms with E-state index in [9.17, 15) is 4.79 Å². The summed E-state index contributed by atoms with van der Waals surface area (Å²) in [6.07, 6.45) is 1.92. The first-order valence-electron chi connectivity index (χ1n) is 7.56. The third-order valence-electron chi connectivity index (χ3n) is 3.99. The summed E-state index contributed by atoms with van der Waals surface area (Å²) in [5.74, 6) is 0. The summed E-state index contributed by atoms with van der Waals surface area (Å²) in [5.41, 5.74) is 6.64. The fraction of sp³-hybridized carbons (Fsp3) is 0.562. The van der Waals surface area contributed by atoms with E-state index >= 15 is 0 Å². The van der Waals surface area contributed by atoms with Gasteiger partial charge in [-0.25, -0.2) is 4.79 Å². The number of likely N-dealkylation sites (N-methyl/N-ethyl adjacent to an activating group) is 1. The first-order chi connectivity index (χ1) is 10.1. The number of primary amides is 1. The predicted molar refractivity (Wildman–Crippen MR) is 85.1 cm³/mol. The van der Waals surface area contributed by atoms with E-state index in [2.05, 4.69) is 48.6 Å². The molecule has 1 saturated heterocycles. The number of hydrogen-bond donors (Lipinski definition) is 2. The number of nitrogens with two attached hydrogens (primary N) is 1. The Hall–Kier alpha value is -1.59. The molecule has 1 aliphatic rings. The molecule has 2 amide bonds. The van der Waals surface area contributed by atoms with Gasteiger partial charge in [0.05, 0.1) is 0 Å². The van der Waals surface area contributed by atoms with Gasteiger partial charge in [0.15, 0.2) is 0 Å². The van der Waals surface area contributed by atoms with Gasteiger partial charge < -0.3 is 20.9 Å². The minimum absolute atomic E-state index is 0.304. The molecule has 1 atom stereocenters. The molecule has 1 unspecified atom stereocenters. The maximum Gasteiger partial charge on any atom is 0.314 e. The molecule has 0 saturated carbocycles. The summed E-state index contributed by atoms with van der Waals surface area (Å²) in [4.78, 5) is 15.1. The number of benzene rings is 1. The number of nitrogens with one attached hydrogen (secondary N) is 1. The molecule has 0 bridgehead atoms. The fourth-order valence-corrected chi connectivity index (χ4v) is 2.86. The molecule has 0 radical (unpaired) electrons. The molecule has 1 aromatic rings. The Kier molecular flexibility index (Phi) is 5.59. The summed E-state index contributed by atoms with van der Waals surface area (Å²) in [5, 5.41) is 3.74. The molecule has 1 heterocycles. The first-order valence-corrected chi connectivity index (χ1v) is 7.56. The Morgan fingerprint density at radius 1 is 1.33 bits per heavy atom. The zero-order valence-corrected chi connectivity index (χ0v) is 13.0. The van der Waals surface area contributed by atoms with Crippen LogP contribution in [0.25, 0.3) is 0 Å². The lowest BCUT2D eigenvalue weighted by Crippen LogP contribution is -2.48. The molecule has 1 aromatic carbocycles. The number of nitrogens with zero attached hydrogens (tertiary/aromatic N) is 2. The lowest BCUT2D eigenvalue weighted by molar-refractivity contribution is 0.179. The van der Waals surface area contributed by atoms with Crippen LogP contribution in [0.5, 0.6) is 0 Å². The van der Waals surface area contributed by atoms with Crippen molar-refractivity contribution in [2.24, 2.45) is 5.73 Å². The van der Waals surface area contributed by atoms with Gasteiger partial charge in [0.25, 0.3) is 0 Å². The van der Waals surface area contributed by atoms with Crippen LogP contribution in [0, 0.1) is 0 Å². The van der Waals surface area contributed by atoms with Crippen molar-refractivity contribution >= 4 is 6.03 Å². The highest BCUT2D eigenvalue weighted by molar-refractivity contribution is 5.72. The van der Waals surface area contributed by atoms with Gasteiger partial charge in [-0.3, -0.25) is 0 Å². The van der Waals surface area contributed by atoms with Crippen molar-refractivity contribution in [1.82, 2.24) is 15.1 Å². The maximum absolute atomic E-state index is 11.2. The summed E-state index contributed by atoms with van der Waals surface area (Å²) in [6.45, 7) is 2.45. The van der Waals surface area contributed by atoms with Crippen LogP contribution in [-0.4, -0.2) is 55.6 Å². The van der Waals surface area contributed by atoms with Crippen molar-refractivity contribution in [2.45, 2.75) is 24.9 Å². The normalized spacial score (nSPS) is 18.0. The van der Waals surface area contributed by atoms with E-state index in [0.29, 0.717) is 12.1 Å². The average Bonchev–Trinajstić information content (AvgIpc) is 2.47. The van der Waals surface area contributed by atoms with Gasteiger partial charge in [-0.15, -0.1) is 0 Å². The highest BCUT2D eigenvalue weighted by Crippen LogP contribution is 2.18. The maximum atomic E-state index is 11.2. The highest BCUT2D eigenvalue weighted by atomic mass is 16.2. The van der Waals surface area contributed by atoms with Crippen molar-refractivity contribution in [2.75, 3.05) is 33.7 Å². The zero-order valence-electron chi connectivity index (χ0n) is 13.0. The minimum Gasteiger partial charge on any atom is -0.351 e. The molecule has 116 valence electrons. The SMILES string of the molecule is CN(C)CC(NC1CCN(C(N)=O)CC1)c1ccccc1. The predicted octanol–water partition coefficient (Wildman–Crippen LogP) is 1.42. The second kappa shape index (κ2) is 7.43. The van der Waals surface area contributed by atoms with Crippen molar-refractivity contribution in [3.8, 4) is 0 Å². The fourth-order valence-electron chi connectivity index (χ4n) is 2.86.